The molecule has 0 radical (unpaired) electrons. The number of hydrogen-bond donors (Lipinski definition) is 2. The molecule has 2 aromatic carbocycles. The molecule has 5 rings (SSSR count). The van der Waals surface area contributed by atoms with E-state index in [0.29, 0.717) is 31.5 Å². The highest BCUT2D eigenvalue weighted by Crippen LogP contribution is 2.48. The van der Waals surface area contributed by atoms with E-state index in [0.717, 1.165) is 21.3 Å². The van der Waals surface area contributed by atoms with Crippen molar-refractivity contribution in [2.24, 2.45) is 5.92 Å². The number of anilines is 1. The van der Waals surface area contributed by atoms with E-state index >= 15 is 0 Å². The topological polar surface area (TPSA) is 72.9 Å². The third-order valence-electron chi connectivity index (χ3n) is 7.31. The predicted octanol–water partition coefficient (Wildman–Crippen LogP) is 3.72. The van der Waals surface area contributed by atoms with E-state index in [-0.39, 0.29) is 23.8 Å². The quantitative estimate of drug-likeness (QED) is 0.658. The Morgan fingerprint density at radius 2 is 2.09 bits per heavy atom. The number of carbonyl (C=O) groups is 2. The molecule has 0 saturated carbocycles. The monoisotopic (exact) mass is 509 g/mol. The van der Waals surface area contributed by atoms with E-state index in [1.807, 2.05) is 42.2 Å². The molecule has 4 atom stereocenters. The molecule has 172 valence electrons. The van der Waals surface area contributed by atoms with Crippen LogP contribution in [-0.4, -0.2) is 51.6 Å². The molecule has 33 heavy (non-hydrogen) atoms. The van der Waals surface area contributed by atoms with Crippen molar-refractivity contribution in [2.75, 3.05) is 11.9 Å². The van der Waals surface area contributed by atoms with Crippen molar-refractivity contribution in [2.45, 2.75) is 63.9 Å². The van der Waals surface area contributed by atoms with Crippen LogP contribution in [0.5, 0.6) is 0 Å². The van der Waals surface area contributed by atoms with E-state index in [2.05, 4.69) is 47.2 Å². The summed E-state index contributed by atoms with van der Waals surface area (Å²) in [5.41, 5.74) is 2.80. The van der Waals surface area contributed by atoms with Crippen LogP contribution in [-0.2, 0) is 16.8 Å². The Bertz CT molecular complexity index is 1120. The number of aliphatic hydroxyl groups excluding tert-OH is 1. The Balaban J connectivity index is 1.45. The first-order valence-corrected chi connectivity index (χ1v) is 12.3. The first kappa shape index (κ1) is 22.2. The Morgan fingerprint density at radius 1 is 1.33 bits per heavy atom. The summed E-state index contributed by atoms with van der Waals surface area (Å²) in [6.07, 6.45) is 0.498. The van der Waals surface area contributed by atoms with Gasteiger partial charge >= 0.3 is 0 Å². The van der Waals surface area contributed by atoms with Gasteiger partial charge in [0, 0.05) is 24.8 Å². The molecule has 1 fully saturated rings. The molecular formula is C26H28BrN3O3. The van der Waals surface area contributed by atoms with Crippen molar-refractivity contribution in [3.63, 3.8) is 0 Å². The highest BCUT2D eigenvalue weighted by atomic mass is 79.9. The Morgan fingerprint density at radius 3 is 2.85 bits per heavy atom. The first-order valence-electron chi connectivity index (χ1n) is 11.5. The van der Waals surface area contributed by atoms with Gasteiger partial charge in [-0.3, -0.25) is 9.59 Å². The highest BCUT2D eigenvalue weighted by Gasteiger charge is 2.55. The molecule has 0 aliphatic carbocycles. The van der Waals surface area contributed by atoms with Gasteiger partial charge in [-0.05, 0) is 64.9 Å². The molecule has 2 amide bonds. The van der Waals surface area contributed by atoms with Crippen LogP contribution >= 0.6 is 15.9 Å². The lowest BCUT2D eigenvalue weighted by molar-refractivity contribution is -0.137. The van der Waals surface area contributed by atoms with Gasteiger partial charge in [0.2, 0.25) is 5.91 Å². The zero-order valence-corrected chi connectivity index (χ0v) is 20.6. The van der Waals surface area contributed by atoms with Crippen LogP contribution in [0.1, 0.15) is 55.1 Å². The van der Waals surface area contributed by atoms with E-state index in [1.54, 1.807) is 4.90 Å². The molecule has 3 heterocycles. The number of rotatable bonds is 4. The number of benzene rings is 1. The van der Waals surface area contributed by atoms with Gasteiger partial charge in [-0.15, -0.1) is 0 Å². The molecule has 7 heteroatoms. The highest BCUT2D eigenvalue weighted by molar-refractivity contribution is 9.10. The van der Waals surface area contributed by atoms with Crippen LogP contribution in [0.3, 0.4) is 0 Å². The van der Waals surface area contributed by atoms with Gasteiger partial charge in [-0.25, -0.2) is 0 Å². The standard InChI is InChI=1S/C26H28BrN3O3/c1-15(2)10-22(29-13-17-11-18(27)8-9-19(17)23(29)31)24(32)30-14-26(12-16(30)3)20-6-4-5-7-21(20)28-25(26)33/h4-7,11,15-16,22,25,28,33H,10,12-14H2,1-3H3/t16?,22-,25?,26-/m0/s1. The summed E-state index contributed by atoms with van der Waals surface area (Å²) < 4.78 is 0.749. The number of nitrogens with zero attached hydrogens (tertiary/aromatic N) is 2. The number of fused-ring (bicyclic) bond motifs is 3. The Hall–Kier alpha value is -2.56. The summed E-state index contributed by atoms with van der Waals surface area (Å²) in [5, 5.41) is 14.2. The Labute approximate surface area is 203 Å². The van der Waals surface area contributed by atoms with Crippen LogP contribution < -0.4 is 5.32 Å². The van der Waals surface area contributed by atoms with E-state index in [1.165, 1.54) is 0 Å². The Kier molecular flexibility index (Phi) is 5.42. The van der Waals surface area contributed by atoms with E-state index < -0.39 is 17.7 Å². The van der Waals surface area contributed by atoms with Gasteiger partial charge in [0.15, 0.2) is 0 Å². The van der Waals surface area contributed by atoms with Crippen LogP contribution in [0.15, 0.2) is 34.8 Å². The van der Waals surface area contributed by atoms with Crippen LogP contribution in [0, 0.1) is 18.1 Å². The lowest BCUT2D eigenvalue weighted by Crippen LogP contribution is -2.51. The lowest BCUT2D eigenvalue weighted by Gasteiger charge is -2.34. The van der Waals surface area contributed by atoms with Gasteiger partial charge < -0.3 is 20.2 Å². The number of nitrogens with one attached hydrogen (secondary N) is 1. The second kappa shape index (κ2) is 8.03. The van der Waals surface area contributed by atoms with Crippen molar-refractivity contribution in [1.82, 2.24) is 9.80 Å². The largest absolute Gasteiger partial charge is 0.373 e. The molecule has 6 nitrogen and oxygen atoms in total. The van der Waals surface area contributed by atoms with Crippen LogP contribution in [0.2, 0.25) is 0 Å². The number of halogens is 1. The normalized spacial score (nSPS) is 26.4. The number of likely N-dealkylation sites (tertiary alicyclic amines) is 1. The smallest absolute Gasteiger partial charge is 0.263 e. The fourth-order valence-electron chi connectivity index (χ4n) is 5.76. The molecule has 2 aromatic rings. The zero-order valence-electron chi connectivity index (χ0n) is 19.1. The minimum atomic E-state index is -0.751. The van der Waals surface area contributed by atoms with Crippen LogP contribution in [0.25, 0.3) is 0 Å². The second-order valence-corrected chi connectivity index (χ2v) is 10.8. The summed E-state index contributed by atoms with van der Waals surface area (Å²) in [7, 11) is 0. The van der Waals surface area contributed by atoms with Gasteiger partial charge in [-0.2, -0.15) is 0 Å². The summed E-state index contributed by atoms with van der Waals surface area (Å²) in [4.78, 5) is 30.8. The van der Waals surface area contributed by atoms with Crippen molar-refractivity contribution in [3.8, 4) is 0 Å². The summed E-state index contributed by atoms with van der Waals surface area (Å²) in [6, 6.07) is 15.1. The van der Waals surface area contributed by atoms with Crippen molar-refractivity contribution in [1.29, 1.82) is 0 Å². The molecule has 0 aromatic heterocycles. The molecule has 0 bridgehead atoms. The van der Waals surface area contributed by atoms with Crippen molar-refractivity contribution in [3.05, 3.63) is 63.6 Å². The first-order chi connectivity index (χ1) is 15.7. The zero-order chi connectivity index (χ0) is 23.5. The van der Waals surface area contributed by atoms with E-state index in [9.17, 15) is 14.7 Å². The number of hydrogen-bond acceptors (Lipinski definition) is 4. The molecular weight excluding hydrogens is 482 g/mol. The maximum absolute atomic E-state index is 14.0. The molecule has 3 aliphatic heterocycles. The molecule has 1 saturated heterocycles. The molecule has 1 spiro atoms. The number of aliphatic hydroxyl groups is 1. The maximum Gasteiger partial charge on any atom is 0.263 e. The number of amides is 2. The fraction of sp³-hybridized carbons (Fsp3) is 0.462. The summed E-state index contributed by atoms with van der Waals surface area (Å²) in [6.45, 7) is 6.99. The van der Waals surface area contributed by atoms with Crippen molar-refractivity contribution < 1.29 is 14.7 Å². The minimum absolute atomic E-state index is 0.0474. The van der Waals surface area contributed by atoms with Gasteiger partial charge in [0.05, 0.1) is 15.5 Å². The molecule has 3 aliphatic rings. The average molecular weight is 510 g/mol. The van der Waals surface area contributed by atoms with Crippen LogP contribution in [0.4, 0.5) is 5.69 Å². The summed E-state index contributed by atoms with van der Waals surface area (Å²) in [5.74, 6) is 0.0279. The predicted molar refractivity (Wildman–Crippen MR) is 128 cm³/mol. The van der Waals surface area contributed by atoms with Gasteiger partial charge in [0.25, 0.3) is 5.91 Å². The third-order valence-corrected chi connectivity index (χ3v) is 7.73. The summed E-state index contributed by atoms with van der Waals surface area (Å²) >= 11 is 3.40. The van der Waals surface area contributed by atoms with Crippen molar-refractivity contribution >= 4 is 33.4 Å². The number of para-hydroxylation sites is 1. The lowest BCUT2D eigenvalue weighted by atomic mass is 9.79. The maximum atomic E-state index is 14.0. The van der Waals surface area contributed by atoms with Gasteiger partial charge in [0.1, 0.15) is 12.3 Å². The SMILES string of the molecule is CC(C)C[C@@H](C(=O)N1C[C@@]2(CC1C)c1ccccc1NC2O)N1Cc2cc(Br)c#cc2C1=O. The minimum Gasteiger partial charge on any atom is -0.373 e. The molecule has 2 N–H and O–H groups in total. The second-order valence-electron chi connectivity index (χ2n) is 9.99. The fourth-order valence-corrected chi connectivity index (χ4v) is 6.13. The van der Waals surface area contributed by atoms with Gasteiger partial charge in [-0.1, -0.05) is 44.2 Å². The van der Waals surface area contributed by atoms with E-state index in [4.69, 9.17) is 0 Å². The number of carbonyl (C=O) groups excluding carboxylic acids is 2. The average Bonchev–Trinajstić information content (AvgIpc) is 3.38. The third kappa shape index (κ3) is 3.51. The molecule has 2 unspecified atom stereocenters.